The average molecular weight is 221 g/mol. The topological polar surface area (TPSA) is 76.5 Å². The Bertz CT molecular complexity index is 447. The van der Waals surface area contributed by atoms with Crippen LogP contribution in [-0.2, 0) is 15.0 Å². The van der Waals surface area contributed by atoms with Crippen LogP contribution in [0.4, 0.5) is 0 Å². The zero-order chi connectivity index (χ0) is 11.8. The largest absolute Gasteiger partial charge is 0.481 e. The molecule has 0 radical (unpaired) electrons. The SMILES string of the molecule is COc1ncccc1C1(C(=O)O)CC(=O)C1. The first-order valence-electron chi connectivity index (χ1n) is 4.85. The molecule has 1 aliphatic carbocycles. The molecule has 1 aliphatic rings. The number of rotatable bonds is 3. The highest BCUT2D eigenvalue weighted by Crippen LogP contribution is 2.44. The second-order valence-electron chi connectivity index (χ2n) is 3.84. The Morgan fingerprint density at radius 1 is 1.56 bits per heavy atom. The van der Waals surface area contributed by atoms with E-state index < -0.39 is 11.4 Å². The summed E-state index contributed by atoms with van der Waals surface area (Å²) < 4.78 is 5.03. The van der Waals surface area contributed by atoms with Gasteiger partial charge in [-0.3, -0.25) is 9.59 Å². The van der Waals surface area contributed by atoms with Crippen molar-refractivity contribution in [1.82, 2.24) is 4.98 Å². The van der Waals surface area contributed by atoms with Crippen molar-refractivity contribution in [3.05, 3.63) is 23.9 Å². The Labute approximate surface area is 92.1 Å². The zero-order valence-electron chi connectivity index (χ0n) is 8.77. The van der Waals surface area contributed by atoms with Crippen molar-refractivity contribution in [2.24, 2.45) is 0 Å². The van der Waals surface area contributed by atoms with Crippen molar-refractivity contribution in [1.29, 1.82) is 0 Å². The molecule has 0 bridgehead atoms. The summed E-state index contributed by atoms with van der Waals surface area (Å²) in [5, 5.41) is 9.24. The number of carboxylic acids is 1. The standard InChI is InChI=1S/C11H11NO4/c1-16-9-8(3-2-4-12-9)11(10(14)15)5-7(13)6-11/h2-4H,5-6H2,1H3,(H,14,15). The van der Waals surface area contributed by atoms with E-state index in [1.54, 1.807) is 12.1 Å². The minimum atomic E-state index is -1.14. The van der Waals surface area contributed by atoms with E-state index in [-0.39, 0.29) is 24.5 Å². The van der Waals surface area contributed by atoms with Crippen molar-refractivity contribution in [2.75, 3.05) is 7.11 Å². The second kappa shape index (κ2) is 3.59. The number of carbonyl (C=O) groups excluding carboxylic acids is 1. The highest BCUT2D eigenvalue weighted by atomic mass is 16.5. The number of nitrogens with zero attached hydrogens (tertiary/aromatic N) is 1. The predicted molar refractivity (Wildman–Crippen MR) is 54.3 cm³/mol. The number of aliphatic carboxylic acids is 1. The quantitative estimate of drug-likeness (QED) is 0.816. The molecule has 1 saturated carbocycles. The van der Waals surface area contributed by atoms with E-state index in [0.29, 0.717) is 5.56 Å². The van der Waals surface area contributed by atoms with Crippen LogP contribution in [0, 0.1) is 0 Å². The smallest absolute Gasteiger partial charge is 0.315 e. The summed E-state index contributed by atoms with van der Waals surface area (Å²) >= 11 is 0. The van der Waals surface area contributed by atoms with E-state index in [1.807, 2.05) is 0 Å². The van der Waals surface area contributed by atoms with Crippen LogP contribution in [0.5, 0.6) is 5.88 Å². The number of ketones is 1. The molecule has 1 aromatic rings. The molecule has 0 amide bonds. The van der Waals surface area contributed by atoms with E-state index in [0.717, 1.165) is 0 Å². The monoisotopic (exact) mass is 221 g/mol. The second-order valence-corrected chi connectivity index (χ2v) is 3.84. The number of pyridine rings is 1. The van der Waals surface area contributed by atoms with Crippen LogP contribution in [0.1, 0.15) is 18.4 Å². The minimum absolute atomic E-state index is 0.0182. The Morgan fingerprint density at radius 3 is 2.75 bits per heavy atom. The third-order valence-corrected chi connectivity index (χ3v) is 2.89. The van der Waals surface area contributed by atoms with Crippen LogP contribution in [-0.4, -0.2) is 29.0 Å². The molecule has 1 fully saturated rings. The molecule has 0 unspecified atom stereocenters. The Hall–Kier alpha value is -1.91. The van der Waals surface area contributed by atoms with E-state index in [9.17, 15) is 14.7 Å². The summed E-state index contributed by atoms with van der Waals surface area (Å²) in [6.07, 6.45) is 1.56. The molecule has 0 aliphatic heterocycles. The fraction of sp³-hybridized carbons (Fsp3) is 0.364. The van der Waals surface area contributed by atoms with Gasteiger partial charge in [0.2, 0.25) is 5.88 Å². The Kier molecular flexibility index (Phi) is 2.38. The minimum Gasteiger partial charge on any atom is -0.481 e. The molecular weight excluding hydrogens is 210 g/mol. The van der Waals surface area contributed by atoms with Gasteiger partial charge in [0, 0.05) is 24.6 Å². The highest BCUT2D eigenvalue weighted by Gasteiger charge is 2.53. The number of carboxylic acid groups (broad SMARTS) is 1. The summed E-state index contributed by atoms with van der Waals surface area (Å²) in [7, 11) is 1.43. The highest BCUT2D eigenvalue weighted by molar-refractivity contribution is 6.01. The maximum absolute atomic E-state index is 11.3. The predicted octanol–water partition coefficient (Wildman–Crippen LogP) is 0.775. The molecule has 0 saturated heterocycles. The van der Waals surface area contributed by atoms with Gasteiger partial charge in [0.25, 0.3) is 0 Å². The third-order valence-electron chi connectivity index (χ3n) is 2.89. The van der Waals surface area contributed by atoms with E-state index in [4.69, 9.17) is 4.74 Å². The van der Waals surface area contributed by atoms with Gasteiger partial charge in [-0.2, -0.15) is 0 Å². The maximum Gasteiger partial charge on any atom is 0.315 e. The van der Waals surface area contributed by atoms with E-state index in [1.165, 1.54) is 13.3 Å². The summed E-state index contributed by atoms with van der Waals surface area (Å²) in [5.41, 5.74) is -0.666. The van der Waals surface area contributed by atoms with Gasteiger partial charge in [-0.15, -0.1) is 0 Å². The van der Waals surface area contributed by atoms with Crippen LogP contribution in [0.3, 0.4) is 0 Å². The normalized spacial score (nSPS) is 17.7. The van der Waals surface area contributed by atoms with Crippen molar-refractivity contribution >= 4 is 11.8 Å². The first-order chi connectivity index (χ1) is 7.60. The lowest BCUT2D eigenvalue weighted by atomic mass is 9.64. The number of hydrogen-bond donors (Lipinski definition) is 1. The lowest BCUT2D eigenvalue weighted by Gasteiger charge is -2.36. The lowest BCUT2D eigenvalue weighted by Crippen LogP contribution is -2.48. The van der Waals surface area contributed by atoms with Crippen molar-refractivity contribution in [2.45, 2.75) is 18.3 Å². The number of carbonyl (C=O) groups is 2. The average Bonchev–Trinajstić information content (AvgIpc) is 2.24. The Balaban J connectivity index is 2.48. The van der Waals surface area contributed by atoms with Crippen LogP contribution >= 0.6 is 0 Å². The van der Waals surface area contributed by atoms with Crippen LogP contribution in [0.25, 0.3) is 0 Å². The lowest BCUT2D eigenvalue weighted by molar-refractivity contribution is -0.153. The molecule has 5 heteroatoms. The van der Waals surface area contributed by atoms with Gasteiger partial charge < -0.3 is 9.84 Å². The summed E-state index contributed by atoms with van der Waals surface area (Å²) in [6.45, 7) is 0. The van der Waals surface area contributed by atoms with Gasteiger partial charge in [-0.05, 0) is 6.07 Å². The van der Waals surface area contributed by atoms with Gasteiger partial charge in [0.1, 0.15) is 11.2 Å². The first kappa shape index (κ1) is 10.6. The number of methoxy groups -OCH3 is 1. The van der Waals surface area contributed by atoms with Crippen LogP contribution < -0.4 is 4.74 Å². The van der Waals surface area contributed by atoms with Crippen molar-refractivity contribution in [3.8, 4) is 5.88 Å². The molecule has 84 valence electrons. The number of Topliss-reactive ketones (excluding diaryl/α,β-unsaturated/α-hetero) is 1. The van der Waals surface area contributed by atoms with Crippen LogP contribution in [0.15, 0.2) is 18.3 Å². The first-order valence-corrected chi connectivity index (χ1v) is 4.85. The van der Waals surface area contributed by atoms with Gasteiger partial charge in [0.05, 0.1) is 7.11 Å². The van der Waals surface area contributed by atoms with E-state index >= 15 is 0 Å². The molecule has 1 N–H and O–H groups in total. The number of aromatic nitrogens is 1. The summed E-state index contributed by atoms with van der Waals surface area (Å²) in [5.74, 6) is -0.774. The number of hydrogen-bond acceptors (Lipinski definition) is 4. The van der Waals surface area contributed by atoms with Crippen LogP contribution in [0.2, 0.25) is 0 Å². The van der Waals surface area contributed by atoms with Crippen molar-refractivity contribution in [3.63, 3.8) is 0 Å². The number of ether oxygens (including phenoxy) is 1. The molecule has 16 heavy (non-hydrogen) atoms. The van der Waals surface area contributed by atoms with Gasteiger partial charge >= 0.3 is 5.97 Å². The molecule has 1 heterocycles. The molecular formula is C11H11NO4. The molecule has 1 aromatic heterocycles. The molecule has 0 atom stereocenters. The van der Waals surface area contributed by atoms with E-state index in [2.05, 4.69) is 4.98 Å². The zero-order valence-corrected chi connectivity index (χ0v) is 8.77. The Morgan fingerprint density at radius 2 is 2.25 bits per heavy atom. The van der Waals surface area contributed by atoms with Crippen molar-refractivity contribution < 1.29 is 19.4 Å². The molecule has 0 aromatic carbocycles. The third kappa shape index (κ3) is 1.36. The van der Waals surface area contributed by atoms with Gasteiger partial charge in [-0.1, -0.05) is 6.07 Å². The maximum atomic E-state index is 11.3. The fourth-order valence-electron chi connectivity index (χ4n) is 2.00. The summed E-state index contributed by atoms with van der Waals surface area (Å²) in [4.78, 5) is 26.3. The van der Waals surface area contributed by atoms with Gasteiger partial charge in [0.15, 0.2) is 0 Å². The molecule has 2 rings (SSSR count). The molecule has 5 nitrogen and oxygen atoms in total. The summed E-state index contributed by atoms with van der Waals surface area (Å²) in [6, 6.07) is 3.29. The fourth-order valence-corrected chi connectivity index (χ4v) is 2.00. The van der Waals surface area contributed by atoms with Gasteiger partial charge in [-0.25, -0.2) is 4.98 Å². The molecule has 0 spiro atoms.